The molecule has 0 bridgehead atoms. The first kappa shape index (κ1) is 15.6. The Morgan fingerprint density at radius 1 is 1.28 bits per heavy atom. The van der Waals surface area contributed by atoms with Crippen molar-refractivity contribution in [1.82, 2.24) is 10.3 Å². The molecule has 18 heavy (non-hydrogen) atoms. The minimum Gasteiger partial charge on any atom is -0.371 e. The molecule has 3 nitrogen and oxygen atoms in total. The van der Waals surface area contributed by atoms with Gasteiger partial charge in [0.05, 0.1) is 5.69 Å². The molecule has 0 saturated heterocycles. The Kier molecular flexibility index (Phi) is 6.82. The van der Waals surface area contributed by atoms with E-state index in [2.05, 4.69) is 33.0 Å². The number of rotatable bonds is 8. The van der Waals surface area contributed by atoms with Gasteiger partial charge >= 0.3 is 0 Å². The van der Waals surface area contributed by atoms with E-state index in [1.54, 1.807) is 11.3 Å². The van der Waals surface area contributed by atoms with Gasteiger partial charge in [-0.3, -0.25) is 0 Å². The van der Waals surface area contributed by atoms with Crippen LogP contribution in [0.4, 0.5) is 0 Å². The molecular weight excluding hydrogens is 244 g/mol. The molecule has 1 rings (SSSR count). The van der Waals surface area contributed by atoms with Crippen molar-refractivity contribution < 1.29 is 4.74 Å². The average Bonchev–Trinajstić information content (AvgIpc) is 2.77. The van der Waals surface area contributed by atoms with Crippen LogP contribution in [0.25, 0.3) is 0 Å². The van der Waals surface area contributed by atoms with E-state index >= 15 is 0 Å². The Hall–Kier alpha value is -0.450. The summed E-state index contributed by atoms with van der Waals surface area (Å²) in [6, 6.07) is 0. The van der Waals surface area contributed by atoms with Crippen LogP contribution in [0.2, 0.25) is 0 Å². The van der Waals surface area contributed by atoms with Gasteiger partial charge in [0.1, 0.15) is 11.1 Å². The molecule has 0 saturated carbocycles. The Bertz CT molecular complexity index is 350. The zero-order chi connectivity index (χ0) is 13.5. The van der Waals surface area contributed by atoms with Gasteiger partial charge in [-0.1, -0.05) is 27.7 Å². The number of nitrogens with one attached hydrogen (secondary N) is 1. The second-order valence-electron chi connectivity index (χ2n) is 4.65. The molecule has 0 aliphatic heterocycles. The van der Waals surface area contributed by atoms with Crippen LogP contribution in [0.1, 0.15) is 68.6 Å². The fourth-order valence-electron chi connectivity index (χ4n) is 1.90. The van der Waals surface area contributed by atoms with Crippen LogP contribution in [-0.2, 0) is 11.3 Å². The lowest BCUT2D eigenvalue weighted by atomic mass is 10.1. The molecule has 1 aromatic rings. The summed E-state index contributed by atoms with van der Waals surface area (Å²) in [5.74, 6) is 0.475. The Labute approximate surface area is 115 Å². The molecule has 0 spiro atoms. The monoisotopic (exact) mass is 270 g/mol. The molecule has 1 N–H and O–H groups in total. The molecule has 1 unspecified atom stereocenters. The van der Waals surface area contributed by atoms with Crippen molar-refractivity contribution in [3.8, 4) is 0 Å². The van der Waals surface area contributed by atoms with Gasteiger partial charge in [0, 0.05) is 18.0 Å². The topological polar surface area (TPSA) is 34.1 Å². The summed E-state index contributed by atoms with van der Waals surface area (Å²) < 4.78 is 5.76. The highest BCUT2D eigenvalue weighted by Gasteiger charge is 2.19. The quantitative estimate of drug-likeness (QED) is 0.779. The number of nitrogens with zero attached hydrogens (tertiary/aromatic N) is 1. The standard InChI is InChI=1S/C14H26N2OS/c1-6-11(17-8-3)14-16-13(10(4)5)12(18-14)9-15-7-2/h10-11,15H,6-9H2,1-5H3. The summed E-state index contributed by atoms with van der Waals surface area (Å²) in [5, 5.41) is 4.53. The van der Waals surface area contributed by atoms with E-state index in [1.807, 2.05) is 6.92 Å². The lowest BCUT2D eigenvalue weighted by molar-refractivity contribution is 0.0595. The van der Waals surface area contributed by atoms with Gasteiger partial charge in [0.2, 0.25) is 0 Å². The van der Waals surface area contributed by atoms with Crippen LogP contribution < -0.4 is 5.32 Å². The molecule has 1 heterocycles. The van der Waals surface area contributed by atoms with Gasteiger partial charge in [-0.15, -0.1) is 11.3 Å². The van der Waals surface area contributed by atoms with Crippen molar-refractivity contribution in [1.29, 1.82) is 0 Å². The molecule has 4 heteroatoms. The van der Waals surface area contributed by atoms with Crippen molar-refractivity contribution in [3.05, 3.63) is 15.6 Å². The van der Waals surface area contributed by atoms with E-state index in [1.165, 1.54) is 10.6 Å². The highest BCUT2D eigenvalue weighted by molar-refractivity contribution is 7.11. The third-order valence-corrected chi connectivity index (χ3v) is 4.00. The van der Waals surface area contributed by atoms with Gasteiger partial charge in [0.25, 0.3) is 0 Å². The number of aromatic nitrogens is 1. The van der Waals surface area contributed by atoms with Gasteiger partial charge < -0.3 is 10.1 Å². The Morgan fingerprint density at radius 3 is 2.50 bits per heavy atom. The van der Waals surface area contributed by atoms with Crippen LogP contribution in [-0.4, -0.2) is 18.1 Å². The molecule has 0 fully saturated rings. The summed E-state index contributed by atoms with van der Waals surface area (Å²) in [7, 11) is 0. The highest BCUT2D eigenvalue weighted by Crippen LogP contribution is 2.31. The zero-order valence-electron chi connectivity index (χ0n) is 12.2. The van der Waals surface area contributed by atoms with E-state index < -0.39 is 0 Å². The van der Waals surface area contributed by atoms with Crippen molar-refractivity contribution in [2.24, 2.45) is 0 Å². The van der Waals surface area contributed by atoms with E-state index in [-0.39, 0.29) is 6.10 Å². The smallest absolute Gasteiger partial charge is 0.122 e. The predicted octanol–water partition coefficient (Wildman–Crippen LogP) is 3.86. The molecule has 0 aliphatic rings. The van der Waals surface area contributed by atoms with Crippen molar-refractivity contribution in [3.63, 3.8) is 0 Å². The van der Waals surface area contributed by atoms with Crippen LogP contribution >= 0.6 is 11.3 Å². The maximum Gasteiger partial charge on any atom is 0.122 e. The minimum atomic E-state index is 0.160. The molecule has 104 valence electrons. The Balaban J connectivity index is 2.92. The fraction of sp³-hybridized carbons (Fsp3) is 0.786. The third-order valence-electron chi connectivity index (χ3n) is 2.84. The van der Waals surface area contributed by atoms with Crippen molar-refractivity contribution in [2.45, 2.75) is 59.6 Å². The van der Waals surface area contributed by atoms with Gasteiger partial charge in [0.15, 0.2) is 0 Å². The lowest BCUT2D eigenvalue weighted by Gasteiger charge is -2.11. The largest absolute Gasteiger partial charge is 0.371 e. The maximum atomic E-state index is 5.76. The molecule has 0 aromatic carbocycles. The molecule has 0 amide bonds. The van der Waals surface area contributed by atoms with E-state index in [0.29, 0.717) is 5.92 Å². The number of ether oxygens (including phenoxy) is 1. The van der Waals surface area contributed by atoms with Crippen LogP contribution in [0, 0.1) is 0 Å². The lowest BCUT2D eigenvalue weighted by Crippen LogP contribution is -2.12. The summed E-state index contributed by atoms with van der Waals surface area (Å²) in [6.45, 7) is 13.4. The summed E-state index contributed by atoms with van der Waals surface area (Å²) in [6.07, 6.45) is 1.15. The molecule has 1 aromatic heterocycles. The molecule has 1 atom stereocenters. The number of hydrogen-bond donors (Lipinski definition) is 1. The Morgan fingerprint density at radius 2 is 2.00 bits per heavy atom. The summed E-state index contributed by atoms with van der Waals surface area (Å²) in [4.78, 5) is 6.17. The SMILES string of the molecule is CCNCc1sc(C(CC)OCC)nc1C(C)C. The second-order valence-corrected chi connectivity index (χ2v) is 5.76. The predicted molar refractivity (Wildman–Crippen MR) is 78.2 cm³/mol. The summed E-state index contributed by atoms with van der Waals surface area (Å²) in [5.41, 5.74) is 1.23. The molecule has 0 aliphatic carbocycles. The first-order chi connectivity index (χ1) is 8.63. The highest BCUT2D eigenvalue weighted by atomic mass is 32.1. The maximum absolute atomic E-state index is 5.76. The van der Waals surface area contributed by atoms with Gasteiger partial charge in [-0.25, -0.2) is 4.98 Å². The van der Waals surface area contributed by atoms with Crippen LogP contribution in [0.5, 0.6) is 0 Å². The van der Waals surface area contributed by atoms with E-state index in [4.69, 9.17) is 9.72 Å². The van der Waals surface area contributed by atoms with Crippen LogP contribution in [0.15, 0.2) is 0 Å². The second kappa shape index (κ2) is 7.87. The van der Waals surface area contributed by atoms with Crippen LogP contribution in [0.3, 0.4) is 0 Å². The normalized spacial score (nSPS) is 13.2. The third kappa shape index (κ3) is 4.04. The zero-order valence-corrected chi connectivity index (χ0v) is 13.1. The minimum absolute atomic E-state index is 0.160. The first-order valence-electron chi connectivity index (χ1n) is 6.95. The number of hydrogen-bond acceptors (Lipinski definition) is 4. The van der Waals surface area contributed by atoms with Gasteiger partial charge in [-0.05, 0) is 25.8 Å². The van der Waals surface area contributed by atoms with Crippen molar-refractivity contribution in [2.75, 3.05) is 13.2 Å². The van der Waals surface area contributed by atoms with Gasteiger partial charge in [-0.2, -0.15) is 0 Å². The van der Waals surface area contributed by atoms with E-state index in [0.717, 1.165) is 31.1 Å². The number of thiazole rings is 1. The first-order valence-corrected chi connectivity index (χ1v) is 7.77. The summed E-state index contributed by atoms with van der Waals surface area (Å²) >= 11 is 1.80. The fourth-order valence-corrected chi connectivity index (χ4v) is 3.22. The van der Waals surface area contributed by atoms with Crippen molar-refractivity contribution >= 4 is 11.3 Å². The average molecular weight is 270 g/mol. The molecular formula is C14H26N2OS. The van der Waals surface area contributed by atoms with E-state index in [9.17, 15) is 0 Å². The molecule has 0 radical (unpaired) electrons.